The summed E-state index contributed by atoms with van der Waals surface area (Å²) in [5, 5.41) is 25.0. The van der Waals surface area contributed by atoms with E-state index in [9.17, 15) is 5.21 Å². The van der Waals surface area contributed by atoms with Gasteiger partial charge in [0, 0.05) is 16.9 Å². The molecule has 5 heteroatoms. The Bertz CT molecular complexity index is 1110. The number of allylic oxidation sites excluding steroid dienone is 2. The number of oxime groups is 1. The van der Waals surface area contributed by atoms with Crippen molar-refractivity contribution in [3.63, 3.8) is 0 Å². The Morgan fingerprint density at radius 3 is 2.88 bits per heavy atom. The highest BCUT2D eigenvalue weighted by atomic mass is 16.4. The molecule has 3 aromatic rings. The fourth-order valence-corrected chi connectivity index (χ4v) is 5.60. The lowest BCUT2D eigenvalue weighted by molar-refractivity contribution is 0.314. The van der Waals surface area contributed by atoms with Crippen LogP contribution in [0.2, 0.25) is 0 Å². The van der Waals surface area contributed by atoms with Gasteiger partial charge in [0.05, 0.1) is 11.2 Å². The molecule has 1 fully saturated rings. The number of fused-ring (bicyclic) bond motifs is 5. The molecule has 1 spiro atoms. The van der Waals surface area contributed by atoms with E-state index in [2.05, 4.69) is 57.0 Å². The summed E-state index contributed by atoms with van der Waals surface area (Å²) in [6.45, 7) is 0. The lowest BCUT2D eigenvalue weighted by Crippen LogP contribution is -2.27. The first-order chi connectivity index (χ1) is 12.8. The van der Waals surface area contributed by atoms with Crippen LogP contribution < -0.4 is 0 Å². The average molecular weight is 342 g/mol. The van der Waals surface area contributed by atoms with Gasteiger partial charge in [-0.2, -0.15) is 0 Å². The number of aromatic nitrogens is 3. The fraction of sp³-hybridized carbons (Fsp3) is 0.286. The minimum absolute atomic E-state index is 0.138. The van der Waals surface area contributed by atoms with Crippen LogP contribution >= 0.6 is 0 Å². The maximum absolute atomic E-state index is 9.87. The van der Waals surface area contributed by atoms with Gasteiger partial charge in [0.25, 0.3) is 0 Å². The summed E-state index contributed by atoms with van der Waals surface area (Å²) >= 11 is 0. The van der Waals surface area contributed by atoms with Gasteiger partial charge in [-0.1, -0.05) is 46.8 Å². The van der Waals surface area contributed by atoms with Gasteiger partial charge in [0.2, 0.25) is 0 Å². The molecule has 0 saturated heterocycles. The van der Waals surface area contributed by atoms with Gasteiger partial charge in [-0.3, -0.25) is 5.10 Å². The molecule has 0 radical (unpaired) electrons. The zero-order valence-corrected chi connectivity index (χ0v) is 14.2. The summed E-state index contributed by atoms with van der Waals surface area (Å²) in [6, 6.07) is 14.6. The van der Waals surface area contributed by atoms with Crippen LogP contribution in [0.5, 0.6) is 0 Å². The third kappa shape index (κ3) is 1.63. The number of hydrogen-bond donors (Lipinski definition) is 2. The molecule has 5 nitrogen and oxygen atoms in total. The fourth-order valence-electron chi connectivity index (χ4n) is 5.60. The molecule has 3 aliphatic carbocycles. The number of hydrogen-bond acceptors (Lipinski definition) is 4. The quantitative estimate of drug-likeness (QED) is 0.517. The second kappa shape index (κ2) is 4.81. The predicted molar refractivity (Wildman–Crippen MR) is 99.8 cm³/mol. The van der Waals surface area contributed by atoms with Crippen LogP contribution in [0.15, 0.2) is 47.6 Å². The number of benzene rings is 2. The van der Waals surface area contributed by atoms with Crippen molar-refractivity contribution < 1.29 is 5.21 Å². The third-order valence-electron chi connectivity index (χ3n) is 6.59. The normalized spacial score (nSPS) is 28.0. The second-order valence-electron chi connectivity index (χ2n) is 7.80. The zero-order valence-electron chi connectivity index (χ0n) is 14.2. The molecule has 128 valence electrons. The van der Waals surface area contributed by atoms with Crippen molar-refractivity contribution in [3.05, 3.63) is 59.2 Å². The van der Waals surface area contributed by atoms with Crippen LogP contribution in [-0.4, -0.2) is 26.3 Å². The standard InChI is InChI=1S/C21H18N4O/c26-24-19-13-8-9-21(10-13)11-15-14(6-7-16-20(15)23-25-22-16)18(21)17(19)12-4-2-1-3-5-12/h1-7,13,26H,8-11H2,(H,22,23,25)/b24-19-. The molecular weight excluding hydrogens is 324 g/mol. The topological polar surface area (TPSA) is 74.2 Å². The van der Waals surface area contributed by atoms with Crippen LogP contribution in [0.4, 0.5) is 0 Å². The summed E-state index contributed by atoms with van der Waals surface area (Å²) < 4.78 is 0. The first kappa shape index (κ1) is 14.2. The van der Waals surface area contributed by atoms with Gasteiger partial charge in [0.1, 0.15) is 5.52 Å². The molecule has 2 N–H and O–H groups in total. The second-order valence-corrected chi connectivity index (χ2v) is 7.80. The Labute approximate surface area is 150 Å². The van der Waals surface area contributed by atoms with E-state index in [1.54, 1.807) is 0 Å². The van der Waals surface area contributed by atoms with E-state index in [4.69, 9.17) is 0 Å². The molecule has 2 aromatic carbocycles. The molecular formula is C21H18N4O. The van der Waals surface area contributed by atoms with E-state index in [0.717, 1.165) is 53.6 Å². The van der Waals surface area contributed by atoms with Gasteiger partial charge < -0.3 is 5.21 Å². The highest BCUT2D eigenvalue weighted by Crippen LogP contribution is 2.64. The van der Waals surface area contributed by atoms with E-state index in [0.29, 0.717) is 5.92 Å². The van der Waals surface area contributed by atoms with Crippen molar-refractivity contribution in [2.75, 3.05) is 0 Å². The maximum Gasteiger partial charge on any atom is 0.116 e. The summed E-state index contributed by atoms with van der Waals surface area (Å²) in [6.07, 6.45) is 4.28. The Hall–Kier alpha value is -2.95. The first-order valence-electron chi connectivity index (χ1n) is 9.16. The number of H-pyrrole nitrogens is 1. The van der Waals surface area contributed by atoms with Gasteiger partial charge in [0.15, 0.2) is 0 Å². The van der Waals surface area contributed by atoms with Crippen LogP contribution in [0, 0.1) is 11.3 Å². The molecule has 1 aromatic heterocycles. The minimum Gasteiger partial charge on any atom is -0.411 e. The van der Waals surface area contributed by atoms with Crippen molar-refractivity contribution >= 4 is 27.9 Å². The molecule has 1 saturated carbocycles. The first-order valence-corrected chi connectivity index (χ1v) is 9.16. The predicted octanol–water partition coefficient (Wildman–Crippen LogP) is 4.06. The molecule has 26 heavy (non-hydrogen) atoms. The molecule has 2 unspecified atom stereocenters. The smallest absolute Gasteiger partial charge is 0.116 e. The van der Waals surface area contributed by atoms with E-state index < -0.39 is 0 Å². The summed E-state index contributed by atoms with van der Waals surface area (Å²) in [7, 11) is 0. The number of aromatic amines is 1. The van der Waals surface area contributed by atoms with Crippen LogP contribution in [0.3, 0.4) is 0 Å². The zero-order chi connectivity index (χ0) is 17.3. The molecule has 2 bridgehead atoms. The van der Waals surface area contributed by atoms with E-state index in [1.807, 2.05) is 6.07 Å². The Morgan fingerprint density at radius 2 is 2.04 bits per heavy atom. The van der Waals surface area contributed by atoms with Crippen molar-refractivity contribution in [3.8, 4) is 0 Å². The van der Waals surface area contributed by atoms with Crippen LogP contribution in [0.25, 0.3) is 22.2 Å². The van der Waals surface area contributed by atoms with Gasteiger partial charge in [-0.15, -0.1) is 5.10 Å². The largest absolute Gasteiger partial charge is 0.411 e. The van der Waals surface area contributed by atoms with E-state index >= 15 is 0 Å². The van der Waals surface area contributed by atoms with E-state index in [-0.39, 0.29) is 5.41 Å². The van der Waals surface area contributed by atoms with Crippen molar-refractivity contribution in [1.82, 2.24) is 15.4 Å². The molecule has 3 aliphatic rings. The van der Waals surface area contributed by atoms with Crippen LogP contribution in [-0.2, 0) is 6.42 Å². The highest BCUT2D eigenvalue weighted by Gasteiger charge is 2.54. The van der Waals surface area contributed by atoms with Gasteiger partial charge in [-0.05, 0) is 54.0 Å². The summed E-state index contributed by atoms with van der Waals surface area (Å²) in [5.74, 6) is 0.334. The summed E-state index contributed by atoms with van der Waals surface area (Å²) in [5.41, 5.74) is 9.13. The summed E-state index contributed by atoms with van der Waals surface area (Å²) in [4.78, 5) is 0. The average Bonchev–Trinajstić information content (AvgIpc) is 3.37. The van der Waals surface area contributed by atoms with Crippen molar-refractivity contribution in [2.45, 2.75) is 25.7 Å². The van der Waals surface area contributed by atoms with E-state index in [1.165, 1.54) is 16.7 Å². The Balaban J connectivity index is 1.74. The Morgan fingerprint density at radius 1 is 1.15 bits per heavy atom. The molecule has 2 atom stereocenters. The number of nitrogens with one attached hydrogen (secondary N) is 1. The monoisotopic (exact) mass is 342 g/mol. The number of rotatable bonds is 1. The Kier molecular flexibility index (Phi) is 2.64. The minimum atomic E-state index is 0.138. The number of nitrogens with zero attached hydrogens (tertiary/aromatic N) is 3. The van der Waals surface area contributed by atoms with Gasteiger partial charge in [-0.25, -0.2) is 0 Å². The maximum atomic E-state index is 9.87. The van der Waals surface area contributed by atoms with Crippen molar-refractivity contribution in [2.24, 2.45) is 16.5 Å². The molecule has 6 rings (SSSR count). The molecule has 0 aliphatic heterocycles. The lowest BCUT2D eigenvalue weighted by Gasteiger charge is -2.34. The lowest BCUT2D eigenvalue weighted by atomic mass is 9.69. The van der Waals surface area contributed by atoms with Crippen molar-refractivity contribution in [1.29, 1.82) is 0 Å². The van der Waals surface area contributed by atoms with Crippen LogP contribution in [0.1, 0.15) is 36.0 Å². The highest BCUT2D eigenvalue weighted by molar-refractivity contribution is 6.33. The van der Waals surface area contributed by atoms with Gasteiger partial charge >= 0.3 is 0 Å². The molecule has 1 heterocycles. The third-order valence-corrected chi connectivity index (χ3v) is 6.59. The molecule has 0 amide bonds. The SMILES string of the molecule is O/N=C1\C(c2ccccc2)=C2c3ccc4[nH]nnc4c3CC23CCC1C3.